The summed E-state index contributed by atoms with van der Waals surface area (Å²) in [5.74, 6) is -0.774. The van der Waals surface area contributed by atoms with Crippen LogP contribution < -0.4 is 0 Å². The number of carboxylic acids is 1. The zero-order chi connectivity index (χ0) is 9.42. The number of phenolic OH excluding ortho intramolecular Hbond substituents is 1. The van der Waals surface area contributed by atoms with Crippen molar-refractivity contribution >= 4 is 12.0 Å². The molecule has 0 saturated heterocycles. The number of benzene rings is 1. The fourth-order valence-corrected chi connectivity index (χ4v) is 1.49. The van der Waals surface area contributed by atoms with E-state index in [-0.39, 0.29) is 5.75 Å². The zero-order valence-electron chi connectivity index (χ0n) is 6.82. The maximum absolute atomic E-state index is 10.6. The first kappa shape index (κ1) is 7.86. The second-order valence-corrected chi connectivity index (χ2v) is 3.00. The number of carbonyl (C=O) groups is 1. The lowest BCUT2D eigenvalue weighted by molar-refractivity contribution is -0.132. The molecule has 13 heavy (non-hydrogen) atoms. The highest BCUT2D eigenvalue weighted by Gasteiger charge is 2.19. The van der Waals surface area contributed by atoms with Gasteiger partial charge >= 0.3 is 5.97 Å². The highest BCUT2D eigenvalue weighted by molar-refractivity contribution is 5.96. The standard InChI is InChI=1S/C10H8O3/c11-9-3-1-2-6-4-7(10(12)13)5-8(6)9/h1-3,5,11H,4H2,(H,12,13). The number of phenols is 1. The van der Waals surface area contributed by atoms with Gasteiger partial charge in [-0.1, -0.05) is 12.1 Å². The second-order valence-electron chi connectivity index (χ2n) is 3.00. The summed E-state index contributed by atoms with van der Waals surface area (Å²) in [6.07, 6.45) is 1.92. The van der Waals surface area contributed by atoms with E-state index in [0.29, 0.717) is 17.6 Å². The van der Waals surface area contributed by atoms with E-state index in [1.807, 2.05) is 6.07 Å². The van der Waals surface area contributed by atoms with Crippen LogP contribution >= 0.6 is 0 Å². The molecule has 0 spiro atoms. The van der Waals surface area contributed by atoms with E-state index in [1.54, 1.807) is 12.1 Å². The monoisotopic (exact) mass is 176 g/mol. The number of aliphatic carboxylic acids is 1. The van der Waals surface area contributed by atoms with Crippen LogP contribution in [-0.4, -0.2) is 16.2 Å². The minimum Gasteiger partial charge on any atom is -0.507 e. The fraction of sp³-hybridized carbons (Fsp3) is 0.100. The van der Waals surface area contributed by atoms with Crippen molar-refractivity contribution in [2.75, 3.05) is 0 Å². The van der Waals surface area contributed by atoms with Crippen molar-refractivity contribution in [3.63, 3.8) is 0 Å². The lowest BCUT2D eigenvalue weighted by atomic mass is 10.1. The Morgan fingerprint density at radius 3 is 2.77 bits per heavy atom. The molecule has 0 bridgehead atoms. The fourth-order valence-electron chi connectivity index (χ4n) is 1.49. The van der Waals surface area contributed by atoms with Crippen molar-refractivity contribution in [3.05, 3.63) is 34.9 Å². The van der Waals surface area contributed by atoms with Gasteiger partial charge in [-0.2, -0.15) is 0 Å². The van der Waals surface area contributed by atoms with Crippen LogP contribution in [0.2, 0.25) is 0 Å². The van der Waals surface area contributed by atoms with Crippen molar-refractivity contribution in [3.8, 4) is 5.75 Å². The smallest absolute Gasteiger partial charge is 0.331 e. The summed E-state index contributed by atoms with van der Waals surface area (Å²) in [5.41, 5.74) is 1.84. The highest BCUT2D eigenvalue weighted by Crippen LogP contribution is 2.31. The van der Waals surface area contributed by atoms with Crippen LogP contribution in [0, 0.1) is 0 Å². The Labute approximate surface area is 74.9 Å². The molecule has 0 fully saturated rings. The molecule has 0 aliphatic heterocycles. The van der Waals surface area contributed by atoms with Crippen molar-refractivity contribution in [2.24, 2.45) is 0 Å². The minimum atomic E-state index is -0.921. The largest absolute Gasteiger partial charge is 0.507 e. The molecule has 0 unspecified atom stereocenters. The molecule has 1 aliphatic rings. The predicted molar refractivity (Wildman–Crippen MR) is 47.4 cm³/mol. The first-order chi connectivity index (χ1) is 6.18. The SMILES string of the molecule is O=C(O)C1=Cc2c(O)cccc2C1. The van der Waals surface area contributed by atoms with E-state index in [9.17, 15) is 9.90 Å². The van der Waals surface area contributed by atoms with E-state index in [1.165, 1.54) is 6.08 Å². The Morgan fingerprint density at radius 1 is 1.38 bits per heavy atom. The first-order valence-corrected chi connectivity index (χ1v) is 3.93. The molecule has 0 aromatic heterocycles. The molecule has 0 radical (unpaired) electrons. The van der Waals surface area contributed by atoms with E-state index in [2.05, 4.69) is 0 Å². The number of rotatable bonds is 1. The summed E-state index contributed by atoms with van der Waals surface area (Å²) in [4.78, 5) is 10.6. The summed E-state index contributed by atoms with van der Waals surface area (Å²) in [5, 5.41) is 18.1. The second kappa shape index (κ2) is 2.62. The molecule has 2 rings (SSSR count). The topological polar surface area (TPSA) is 57.5 Å². The van der Waals surface area contributed by atoms with Gasteiger partial charge in [0, 0.05) is 17.6 Å². The van der Waals surface area contributed by atoms with Crippen LogP contribution in [0.1, 0.15) is 11.1 Å². The van der Waals surface area contributed by atoms with Gasteiger partial charge in [0.25, 0.3) is 0 Å². The van der Waals surface area contributed by atoms with Crippen LogP contribution in [-0.2, 0) is 11.2 Å². The van der Waals surface area contributed by atoms with Crippen molar-refractivity contribution in [1.82, 2.24) is 0 Å². The Balaban J connectivity index is 2.49. The average molecular weight is 176 g/mol. The summed E-state index contributed by atoms with van der Waals surface area (Å²) < 4.78 is 0. The zero-order valence-corrected chi connectivity index (χ0v) is 6.82. The molecule has 1 aromatic carbocycles. The normalized spacial score (nSPS) is 13.7. The molecule has 2 N–H and O–H groups in total. The van der Waals surface area contributed by atoms with E-state index in [4.69, 9.17) is 5.11 Å². The average Bonchev–Trinajstić information content (AvgIpc) is 2.49. The number of hydrogen-bond donors (Lipinski definition) is 2. The summed E-state index contributed by atoms with van der Waals surface area (Å²) in [6.45, 7) is 0. The molecular weight excluding hydrogens is 168 g/mol. The molecule has 0 heterocycles. The third-order valence-electron chi connectivity index (χ3n) is 2.15. The Bertz CT molecular complexity index is 405. The van der Waals surface area contributed by atoms with Crippen LogP contribution in [0.15, 0.2) is 23.8 Å². The molecule has 0 atom stereocenters. The predicted octanol–water partition coefficient (Wildman–Crippen LogP) is 1.42. The van der Waals surface area contributed by atoms with E-state index in [0.717, 1.165) is 5.56 Å². The minimum absolute atomic E-state index is 0.147. The lowest BCUT2D eigenvalue weighted by Gasteiger charge is -1.98. The quantitative estimate of drug-likeness (QED) is 0.680. The molecule has 66 valence electrons. The van der Waals surface area contributed by atoms with Crippen molar-refractivity contribution in [2.45, 2.75) is 6.42 Å². The number of carboxylic acid groups (broad SMARTS) is 1. The summed E-state index contributed by atoms with van der Waals surface area (Å²) in [6, 6.07) is 5.09. The number of fused-ring (bicyclic) bond motifs is 1. The Kier molecular flexibility index (Phi) is 1.59. The van der Waals surface area contributed by atoms with Gasteiger partial charge in [0.05, 0.1) is 0 Å². The Morgan fingerprint density at radius 2 is 2.15 bits per heavy atom. The van der Waals surface area contributed by atoms with E-state index >= 15 is 0 Å². The third-order valence-corrected chi connectivity index (χ3v) is 2.15. The first-order valence-electron chi connectivity index (χ1n) is 3.93. The van der Waals surface area contributed by atoms with Gasteiger partial charge in [-0.15, -0.1) is 0 Å². The molecule has 3 heteroatoms. The van der Waals surface area contributed by atoms with E-state index < -0.39 is 5.97 Å². The van der Waals surface area contributed by atoms with Gasteiger partial charge < -0.3 is 10.2 Å². The van der Waals surface area contributed by atoms with Crippen LogP contribution in [0.4, 0.5) is 0 Å². The van der Waals surface area contributed by atoms with Gasteiger partial charge in [-0.25, -0.2) is 4.79 Å². The molecule has 3 nitrogen and oxygen atoms in total. The van der Waals surface area contributed by atoms with Crippen LogP contribution in [0.3, 0.4) is 0 Å². The van der Waals surface area contributed by atoms with Gasteiger partial charge in [-0.05, 0) is 17.7 Å². The van der Waals surface area contributed by atoms with Crippen LogP contribution in [0.25, 0.3) is 6.08 Å². The van der Waals surface area contributed by atoms with Gasteiger partial charge in [-0.3, -0.25) is 0 Å². The Hall–Kier alpha value is -1.77. The van der Waals surface area contributed by atoms with Crippen molar-refractivity contribution < 1.29 is 15.0 Å². The van der Waals surface area contributed by atoms with Gasteiger partial charge in [0.2, 0.25) is 0 Å². The third kappa shape index (κ3) is 1.18. The van der Waals surface area contributed by atoms with Crippen molar-refractivity contribution in [1.29, 1.82) is 0 Å². The maximum atomic E-state index is 10.6. The van der Waals surface area contributed by atoms with Gasteiger partial charge in [0.1, 0.15) is 5.75 Å². The summed E-state index contributed by atoms with van der Waals surface area (Å²) >= 11 is 0. The molecule has 1 aromatic rings. The molecule has 0 saturated carbocycles. The molecule has 1 aliphatic carbocycles. The van der Waals surface area contributed by atoms with Crippen LogP contribution in [0.5, 0.6) is 5.75 Å². The van der Waals surface area contributed by atoms with Gasteiger partial charge in [0.15, 0.2) is 0 Å². The molecular formula is C10H8O3. The maximum Gasteiger partial charge on any atom is 0.331 e. The number of aromatic hydroxyl groups is 1. The lowest BCUT2D eigenvalue weighted by Crippen LogP contribution is -1.99. The highest BCUT2D eigenvalue weighted by atomic mass is 16.4. The summed E-state index contributed by atoms with van der Waals surface area (Å²) in [7, 11) is 0. The number of hydrogen-bond acceptors (Lipinski definition) is 2. The molecule has 0 amide bonds.